The van der Waals surface area contributed by atoms with Crippen molar-refractivity contribution in [3.63, 3.8) is 0 Å². The second kappa shape index (κ2) is 8.71. The van der Waals surface area contributed by atoms with Crippen LogP contribution < -0.4 is 9.46 Å². The maximum atomic E-state index is 12.6. The number of carbonyl (C=O) groups excluding carboxylic acids is 1. The van der Waals surface area contributed by atoms with Gasteiger partial charge in [0.25, 0.3) is 5.91 Å². The van der Waals surface area contributed by atoms with Crippen LogP contribution in [-0.4, -0.2) is 55.2 Å². The molecule has 3 rings (SSSR count). The first kappa shape index (κ1) is 20.9. The summed E-state index contributed by atoms with van der Waals surface area (Å²) in [7, 11) is -3.67. The van der Waals surface area contributed by atoms with Gasteiger partial charge >= 0.3 is 0 Å². The summed E-state index contributed by atoms with van der Waals surface area (Å²) in [6, 6.07) is 9.69. The number of hydrogen-bond donors (Lipinski definition) is 3. The predicted octanol–water partition coefficient (Wildman–Crippen LogP) is 2.08. The summed E-state index contributed by atoms with van der Waals surface area (Å²) in [5.74, 6) is -0.0852. The number of hydrogen-bond acceptors (Lipinski definition) is 6. The number of carbonyl (C=O) groups is 1. The van der Waals surface area contributed by atoms with E-state index in [1.54, 1.807) is 17.0 Å². The van der Waals surface area contributed by atoms with Gasteiger partial charge in [0.2, 0.25) is 10.0 Å². The zero-order chi connectivity index (χ0) is 21.0. The number of amides is 1. The van der Waals surface area contributed by atoms with E-state index in [1.807, 2.05) is 6.92 Å². The molecule has 0 bridgehead atoms. The molecule has 1 heterocycles. The Morgan fingerprint density at radius 1 is 1.10 bits per heavy atom. The molecule has 156 valence electrons. The highest BCUT2D eigenvalue weighted by molar-refractivity contribution is 7.89. The lowest BCUT2D eigenvalue weighted by Gasteiger charge is -2.32. The minimum atomic E-state index is -3.67. The van der Waals surface area contributed by atoms with Crippen LogP contribution in [0.1, 0.15) is 30.1 Å². The van der Waals surface area contributed by atoms with Crippen LogP contribution in [0, 0.1) is 0 Å². The first-order valence-electron chi connectivity index (χ1n) is 9.36. The van der Waals surface area contributed by atoms with Gasteiger partial charge in [0, 0.05) is 30.8 Å². The van der Waals surface area contributed by atoms with Gasteiger partial charge < -0.3 is 19.8 Å². The van der Waals surface area contributed by atoms with Crippen molar-refractivity contribution in [3.8, 4) is 17.2 Å². The van der Waals surface area contributed by atoms with Crippen LogP contribution in [0.15, 0.2) is 47.4 Å². The van der Waals surface area contributed by atoms with Crippen LogP contribution in [0.25, 0.3) is 0 Å². The number of phenolic OH excluding ortho intramolecular Hbond substituents is 2. The van der Waals surface area contributed by atoms with E-state index in [-0.39, 0.29) is 33.9 Å². The van der Waals surface area contributed by atoms with Crippen molar-refractivity contribution in [1.29, 1.82) is 0 Å². The van der Waals surface area contributed by atoms with E-state index in [9.17, 15) is 23.4 Å². The Kier molecular flexibility index (Phi) is 6.29. The van der Waals surface area contributed by atoms with Crippen molar-refractivity contribution in [2.75, 3.05) is 19.7 Å². The molecule has 0 unspecified atom stereocenters. The molecule has 0 saturated carbocycles. The Morgan fingerprint density at radius 3 is 2.24 bits per heavy atom. The van der Waals surface area contributed by atoms with Gasteiger partial charge in [-0.3, -0.25) is 4.79 Å². The quantitative estimate of drug-likeness (QED) is 0.659. The van der Waals surface area contributed by atoms with Crippen LogP contribution in [0.5, 0.6) is 17.2 Å². The predicted molar refractivity (Wildman–Crippen MR) is 107 cm³/mol. The average molecular weight is 420 g/mol. The van der Waals surface area contributed by atoms with E-state index in [4.69, 9.17) is 4.74 Å². The molecular formula is C20H24N2O6S. The van der Waals surface area contributed by atoms with Crippen molar-refractivity contribution < 1.29 is 28.2 Å². The van der Waals surface area contributed by atoms with Crippen LogP contribution >= 0.6 is 0 Å². The van der Waals surface area contributed by atoms with Gasteiger partial charge in [0.1, 0.15) is 17.2 Å². The molecule has 3 N–H and O–H groups in total. The van der Waals surface area contributed by atoms with E-state index >= 15 is 0 Å². The van der Waals surface area contributed by atoms with E-state index in [0.29, 0.717) is 38.3 Å². The number of nitrogens with one attached hydrogen (secondary N) is 1. The van der Waals surface area contributed by atoms with Gasteiger partial charge in [0.15, 0.2) is 0 Å². The Balaban J connectivity index is 1.59. The monoisotopic (exact) mass is 420 g/mol. The molecule has 29 heavy (non-hydrogen) atoms. The number of nitrogens with zero attached hydrogens (tertiary/aromatic N) is 1. The molecule has 0 spiro atoms. The fourth-order valence-electron chi connectivity index (χ4n) is 3.27. The molecule has 2 aromatic rings. The second-order valence-electron chi connectivity index (χ2n) is 6.83. The fraction of sp³-hybridized carbons (Fsp3) is 0.350. The summed E-state index contributed by atoms with van der Waals surface area (Å²) in [5.41, 5.74) is 0.191. The van der Waals surface area contributed by atoms with E-state index in [2.05, 4.69) is 4.72 Å². The van der Waals surface area contributed by atoms with Crippen molar-refractivity contribution in [2.45, 2.75) is 30.7 Å². The number of sulfonamides is 1. The molecule has 2 aromatic carbocycles. The number of benzene rings is 2. The Hall–Kier alpha value is -2.78. The van der Waals surface area contributed by atoms with Crippen LogP contribution in [0.3, 0.4) is 0 Å². The standard InChI is InChI=1S/C20H24N2O6S/c1-2-28-18-3-5-19(6-4-18)29(26,27)21-15-7-9-22(10-8-15)20(25)14-11-16(23)13-17(24)12-14/h3-6,11-13,15,21,23-24H,2,7-10H2,1H3. The number of likely N-dealkylation sites (tertiary alicyclic amines) is 1. The van der Waals surface area contributed by atoms with Crippen molar-refractivity contribution >= 4 is 15.9 Å². The highest BCUT2D eigenvalue weighted by atomic mass is 32.2. The van der Waals surface area contributed by atoms with Crippen LogP contribution in [-0.2, 0) is 10.0 Å². The Bertz CT molecular complexity index is 947. The summed E-state index contributed by atoms with van der Waals surface area (Å²) in [6.07, 6.45) is 0.930. The van der Waals surface area contributed by atoms with Gasteiger partial charge in [0.05, 0.1) is 11.5 Å². The maximum Gasteiger partial charge on any atom is 0.254 e. The zero-order valence-electron chi connectivity index (χ0n) is 16.0. The van der Waals surface area contributed by atoms with E-state index < -0.39 is 10.0 Å². The number of aromatic hydroxyl groups is 2. The molecule has 0 aliphatic carbocycles. The average Bonchev–Trinajstić information content (AvgIpc) is 2.68. The Labute approximate surface area is 169 Å². The molecule has 9 heteroatoms. The minimum Gasteiger partial charge on any atom is -0.508 e. The summed E-state index contributed by atoms with van der Waals surface area (Å²) in [5, 5.41) is 19.1. The number of piperidine rings is 1. The molecule has 1 amide bonds. The highest BCUT2D eigenvalue weighted by Gasteiger charge is 2.27. The normalized spacial score (nSPS) is 15.3. The van der Waals surface area contributed by atoms with Gasteiger partial charge in [-0.1, -0.05) is 0 Å². The SMILES string of the molecule is CCOc1ccc(S(=O)(=O)NC2CCN(C(=O)c3cc(O)cc(O)c3)CC2)cc1. The smallest absolute Gasteiger partial charge is 0.254 e. The maximum absolute atomic E-state index is 12.6. The van der Waals surface area contributed by atoms with E-state index in [0.717, 1.165) is 6.07 Å². The first-order chi connectivity index (χ1) is 13.8. The second-order valence-corrected chi connectivity index (χ2v) is 8.54. The summed E-state index contributed by atoms with van der Waals surface area (Å²) in [4.78, 5) is 14.3. The lowest BCUT2D eigenvalue weighted by molar-refractivity contribution is 0.0710. The number of rotatable bonds is 6. The minimum absolute atomic E-state index is 0.162. The Morgan fingerprint density at radius 2 is 1.69 bits per heavy atom. The summed E-state index contributed by atoms with van der Waals surface area (Å²) < 4.78 is 33.2. The van der Waals surface area contributed by atoms with Gasteiger partial charge in [-0.15, -0.1) is 0 Å². The first-order valence-corrected chi connectivity index (χ1v) is 10.8. The molecule has 8 nitrogen and oxygen atoms in total. The van der Waals surface area contributed by atoms with Crippen LogP contribution in [0.4, 0.5) is 0 Å². The molecule has 0 atom stereocenters. The van der Waals surface area contributed by atoms with Gasteiger partial charge in [-0.25, -0.2) is 13.1 Å². The molecule has 0 radical (unpaired) electrons. The molecule has 1 aliphatic heterocycles. The largest absolute Gasteiger partial charge is 0.508 e. The van der Waals surface area contributed by atoms with Crippen LogP contribution in [0.2, 0.25) is 0 Å². The zero-order valence-corrected chi connectivity index (χ0v) is 16.9. The molecule has 1 saturated heterocycles. The van der Waals surface area contributed by atoms with Gasteiger partial charge in [-0.2, -0.15) is 0 Å². The lowest BCUT2D eigenvalue weighted by atomic mass is 10.0. The molecule has 1 aliphatic rings. The highest BCUT2D eigenvalue weighted by Crippen LogP contribution is 2.23. The molecule has 1 fully saturated rings. The number of phenols is 2. The summed E-state index contributed by atoms with van der Waals surface area (Å²) in [6.45, 7) is 3.09. The molecule has 0 aromatic heterocycles. The number of ether oxygens (including phenoxy) is 1. The van der Waals surface area contributed by atoms with Gasteiger partial charge in [-0.05, 0) is 56.2 Å². The third-order valence-corrected chi connectivity index (χ3v) is 6.23. The molecular weight excluding hydrogens is 396 g/mol. The lowest BCUT2D eigenvalue weighted by Crippen LogP contribution is -2.46. The van der Waals surface area contributed by atoms with E-state index in [1.165, 1.54) is 24.3 Å². The fourth-order valence-corrected chi connectivity index (χ4v) is 4.58. The topological polar surface area (TPSA) is 116 Å². The van der Waals surface area contributed by atoms with Crippen molar-refractivity contribution in [2.24, 2.45) is 0 Å². The van der Waals surface area contributed by atoms with Crippen molar-refractivity contribution in [1.82, 2.24) is 9.62 Å². The van der Waals surface area contributed by atoms with Crippen molar-refractivity contribution in [3.05, 3.63) is 48.0 Å². The summed E-state index contributed by atoms with van der Waals surface area (Å²) >= 11 is 0. The third kappa shape index (κ3) is 5.18. The third-order valence-electron chi connectivity index (χ3n) is 4.70.